The van der Waals surface area contributed by atoms with Gasteiger partial charge in [-0.3, -0.25) is 15.0 Å². The number of fused-ring (bicyclic) bond motifs is 1. The first-order chi connectivity index (χ1) is 15.3. The molecule has 0 spiro atoms. The molecule has 32 heavy (non-hydrogen) atoms. The lowest BCUT2D eigenvalue weighted by Gasteiger charge is -2.19. The molecule has 5 N–H and O–H groups in total. The molecule has 171 valence electrons. The maximum atomic E-state index is 12.8. The summed E-state index contributed by atoms with van der Waals surface area (Å²) in [5.41, 5.74) is 2.15. The van der Waals surface area contributed by atoms with Crippen LogP contribution in [0.4, 0.5) is 0 Å². The first-order valence-corrected chi connectivity index (χ1v) is 10.4. The molecule has 0 saturated heterocycles. The third-order valence-corrected chi connectivity index (χ3v) is 4.64. The molecule has 0 unspecified atom stereocenters. The molecular weight excluding hydrogens is 412 g/mol. The van der Waals surface area contributed by atoms with Crippen molar-refractivity contribution in [1.82, 2.24) is 21.4 Å². The van der Waals surface area contributed by atoms with Gasteiger partial charge in [0, 0.05) is 18.7 Å². The maximum absolute atomic E-state index is 12.8. The Hall–Kier alpha value is -3.69. The Kier molecular flexibility index (Phi) is 9.40. The molecule has 0 saturated carbocycles. The van der Waals surface area contributed by atoms with Crippen molar-refractivity contribution in [3.8, 4) is 0 Å². The number of amides is 2. The number of nitrogens with one attached hydrogen (secondary N) is 5. The van der Waals surface area contributed by atoms with Crippen LogP contribution < -0.4 is 21.4 Å². The predicted octanol–water partition coefficient (Wildman–Crippen LogP) is 2.35. The summed E-state index contributed by atoms with van der Waals surface area (Å²) in [6.07, 6.45) is 1.39. The Morgan fingerprint density at radius 1 is 1.16 bits per heavy atom. The minimum atomic E-state index is -0.833. The molecule has 0 heterocycles. The van der Waals surface area contributed by atoms with E-state index in [1.807, 2.05) is 44.2 Å². The van der Waals surface area contributed by atoms with Crippen molar-refractivity contribution in [2.45, 2.75) is 39.2 Å². The third-order valence-electron chi connectivity index (χ3n) is 4.64. The van der Waals surface area contributed by atoms with Crippen LogP contribution in [0.15, 0.2) is 42.5 Å². The lowest BCUT2D eigenvalue weighted by Crippen LogP contribution is -2.46. The number of carbonyl (C=O) groups excluding carboxylic acids is 2. The number of benzene rings is 2. The summed E-state index contributed by atoms with van der Waals surface area (Å²) in [7, 11) is 0. The second kappa shape index (κ2) is 12.2. The average Bonchev–Trinajstić information content (AvgIpc) is 2.74. The van der Waals surface area contributed by atoms with E-state index in [0.717, 1.165) is 10.8 Å². The number of hydrogen-bond acceptors (Lipinski definition) is 5. The quantitative estimate of drug-likeness (QED) is 0.119. The fourth-order valence-corrected chi connectivity index (χ4v) is 2.99. The fraction of sp³-hybridized carbons (Fsp3) is 0.364. The second-order valence-electron chi connectivity index (χ2n) is 7.74. The smallest absolute Gasteiger partial charge is 0.251 e. The van der Waals surface area contributed by atoms with Gasteiger partial charge in [-0.25, -0.2) is 10.1 Å². The first-order valence-electron chi connectivity index (χ1n) is 10.4. The molecule has 0 aromatic heterocycles. The zero-order valence-corrected chi connectivity index (χ0v) is 18.2. The van der Waals surface area contributed by atoms with Gasteiger partial charge in [0.1, 0.15) is 6.04 Å². The van der Waals surface area contributed by atoms with Crippen LogP contribution in [0.2, 0.25) is 0 Å². The zero-order valence-electron chi connectivity index (χ0n) is 18.2. The van der Waals surface area contributed by atoms with Crippen LogP contribution in [-0.4, -0.2) is 35.4 Å². The van der Waals surface area contributed by atoms with Gasteiger partial charge in [-0.1, -0.05) is 49.6 Å². The van der Waals surface area contributed by atoms with E-state index in [-0.39, 0.29) is 18.4 Å². The normalized spacial score (nSPS) is 11.6. The molecule has 2 amide bonds. The van der Waals surface area contributed by atoms with Crippen molar-refractivity contribution in [2.75, 3.05) is 6.54 Å². The molecule has 10 heteroatoms. The van der Waals surface area contributed by atoms with E-state index >= 15 is 0 Å². The number of nitrogens with zero attached hydrogens (tertiary/aromatic N) is 1. The summed E-state index contributed by atoms with van der Waals surface area (Å²) < 4.78 is 0. The van der Waals surface area contributed by atoms with Gasteiger partial charge in [0.25, 0.3) is 11.9 Å². The fourth-order valence-electron chi connectivity index (χ4n) is 2.99. The highest BCUT2D eigenvalue weighted by Crippen LogP contribution is 2.16. The van der Waals surface area contributed by atoms with Gasteiger partial charge in [-0.05, 0) is 48.1 Å². The highest BCUT2D eigenvalue weighted by Gasteiger charge is 2.21. The van der Waals surface area contributed by atoms with Crippen LogP contribution in [0.3, 0.4) is 0 Å². The van der Waals surface area contributed by atoms with Gasteiger partial charge < -0.3 is 16.0 Å². The van der Waals surface area contributed by atoms with E-state index in [4.69, 9.17) is 5.41 Å². The summed E-state index contributed by atoms with van der Waals surface area (Å²) in [4.78, 5) is 35.8. The molecule has 2 aromatic carbocycles. The average molecular weight is 442 g/mol. The summed E-state index contributed by atoms with van der Waals surface area (Å²) >= 11 is 0. The highest BCUT2D eigenvalue weighted by atomic mass is 16.7. The first kappa shape index (κ1) is 24.6. The number of rotatable bonds is 11. The van der Waals surface area contributed by atoms with E-state index in [9.17, 15) is 19.7 Å². The molecular formula is C22H29N6O4. The molecule has 2 aromatic rings. The van der Waals surface area contributed by atoms with Gasteiger partial charge in [0.2, 0.25) is 5.91 Å². The molecule has 10 nitrogen and oxygen atoms in total. The monoisotopic (exact) mass is 441 g/mol. The summed E-state index contributed by atoms with van der Waals surface area (Å²) in [6.45, 7) is 5.96. The Morgan fingerprint density at radius 2 is 1.88 bits per heavy atom. The van der Waals surface area contributed by atoms with Crippen molar-refractivity contribution >= 4 is 28.5 Å². The second-order valence-corrected chi connectivity index (χ2v) is 7.74. The van der Waals surface area contributed by atoms with Crippen molar-refractivity contribution in [3.05, 3.63) is 64.7 Å². The number of guanidine groups is 1. The zero-order chi connectivity index (χ0) is 23.5. The van der Waals surface area contributed by atoms with Crippen LogP contribution >= 0.6 is 0 Å². The summed E-state index contributed by atoms with van der Waals surface area (Å²) in [6, 6.07) is 12.2. The van der Waals surface area contributed by atoms with Crippen LogP contribution in [0, 0.1) is 28.0 Å². The SMILES string of the molecule is CC(C)C[CH]NC(=O)[C@H](CCCNC(=N)N[N+](=O)[O-])NC(=O)c1ccc2ccccc2c1. The van der Waals surface area contributed by atoms with Crippen molar-refractivity contribution < 1.29 is 14.6 Å². The molecule has 0 aliphatic rings. The van der Waals surface area contributed by atoms with Crippen molar-refractivity contribution in [1.29, 1.82) is 5.41 Å². The van der Waals surface area contributed by atoms with E-state index in [1.54, 1.807) is 24.1 Å². The Labute approximate surface area is 186 Å². The van der Waals surface area contributed by atoms with Crippen molar-refractivity contribution in [3.63, 3.8) is 0 Å². The summed E-state index contributed by atoms with van der Waals surface area (Å²) in [5, 5.41) is 26.9. The number of hydrogen-bond donors (Lipinski definition) is 5. The molecule has 0 bridgehead atoms. The molecule has 0 aliphatic heterocycles. The van der Waals surface area contributed by atoms with E-state index in [2.05, 4.69) is 16.0 Å². The topological polar surface area (TPSA) is 149 Å². The third kappa shape index (κ3) is 8.21. The van der Waals surface area contributed by atoms with Crippen molar-refractivity contribution in [2.24, 2.45) is 5.92 Å². The van der Waals surface area contributed by atoms with Gasteiger partial charge >= 0.3 is 0 Å². The number of nitro groups is 1. The van der Waals surface area contributed by atoms with Gasteiger partial charge in [-0.2, -0.15) is 0 Å². The maximum Gasteiger partial charge on any atom is 0.251 e. The molecule has 1 radical (unpaired) electrons. The predicted molar refractivity (Wildman–Crippen MR) is 122 cm³/mol. The van der Waals surface area contributed by atoms with E-state index in [1.165, 1.54) is 0 Å². The van der Waals surface area contributed by atoms with Gasteiger partial charge in [0.05, 0.1) is 0 Å². The van der Waals surface area contributed by atoms with Crippen LogP contribution in [0.25, 0.3) is 10.8 Å². The molecule has 0 fully saturated rings. The van der Waals surface area contributed by atoms with Crippen LogP contribution in [0.1, 0.15) is 43.5 Å². The molecule has 2 rings (SSSR count). The Bertz CT molecular complexity index is 962. The molecule has 0 aliphatic carbocycles. The van der Waals surface area contributed by atoms with Gasteiger partial charge in [0.15, 0.2) is 5.03 Å². The summed E-state index contributed by atoms with van der Waals surface area (Å²) in [5.74, 6) is -0.763. The minimum Gasteiger partial charge on any atom is -0.352 e. The number of carbonyl (C=O) groups is 2. The Balaban J connectivity index is 1.99. The van der Waals surface area contributed by atoms with Gasteiger partial charge in [-0.15, -0.1) is 0 Å². The standard InChI is InChI=1S/C22H29N6O4/c1-15(2)11-13-24-21(30)19(8-5-12-25-22(23)27-28(31)32)26-20(29)18-10-9-16-6-3-4-7-17(16)14-18/h3-4,6-7,9-10,13-15,19H,5,8,11-12H2,1-2H3,(H,24,30)(H,26,29)(H3,23,25,27)/t19-/m0/s1. The largest absolute Gasteiger partial charge is 0.352 e. The van der Waals surface area contributed by atoms with E-state index < -0.39 is 17.0 Å². The van der Waals surface area contributed by atoms with E-state index in [0.29, 0.717) is 30.7 Å². The van der Waals surface area contributed by atoms with Crippen LogP contribution in [0.5, 0.6) is 0 Å². The highest BCUT2D eigenvalue weighted by molar-refractivity contribution is 6.00. The lowest BCUT2D eigenvalue weighted by atomic mass is 10.1. The Morgan fingerprint density at radius 3 is 2.56 bits per heavy atom. The minimum absolute atomic E-state index is 0.227. The lowest BCUT2D eigenvalue weighted by molar-refractivity contribution is -0.525. The molecule has 1 atom stereocenters. The van der Waals surface area contributed by atoms with Crippen LogP contribution in [-0.2, 0) is 4.79 Å². The number of hydrazine groups is 1.